The van der Waals surface area contributed by atoms with Crippen LogP contribution < -0.4 is 14.8 Å². The highest BCUT2D eigenvalue weighted by Crippen LogP contribution is 2.18. The van der Waals surface area contributed by atoms with Crippen LogP contribution in [-0.2, 0) is 0 Å². The van der Waals surface area contributed by atoms with Crippen molar-refractivity contribution in [3.8, 4) is 11.5 Å². The highest BCUT2D eigenvalue weighted by molar-refractivity contribution is 5.31. The van der Waals surface area contributed by atoms with E-state index in [0.29, 0.717) is 12.0 Å². The first kappa shape index (κ1) is 15.8. The molecule has 0 amide bonds. The smallest absolute Gasteiger partial charge is 0.119 e. The maximum Gasteiger partial charge on any atom is 0.119 e. The van der Waals surface area contributed by atoms with E-state index in [1.807, 2.05) is 24.3 Å². The number of rotatable bonds is 9. The Hall–Kier alpha value is -1.22. The Kier molecular flexibility index (Phi) is 7.34. The summed E-state index contributed by atoms with van der Waals surface area (Å²) in [6, 6.07) is 8.38. The van der Waals surface area contributed by atoms with Gasteiger partial charge in [0.1, 0.15) is 11.5 Å². The quantitative estimate of drug-likeness (QED) is 0.741. The molecule has 3 heteroatoms. The van der Waals surface area contributed by atoms with E-state index in [2.05, 4.69) is 33.0 Å². The third kappa shape index (κ3) is 7.06. The molecule has 0 heterocycles. The average Bonchev–Trinajstić information content (AvgIpc) is 2.41. The summed E-state index contributed by atoms with van der Waals surface area (Å²) in [6.45, 7) is 11.1. The van der Waals surface area contributed by atoms with E-state index in [4.69, 9.17) is 9.47 Å². The lowest BCUT2D eigenvalue weighted by Gasteiger charge is -2.16. The molecule has 1 aromatic carbocycles. The van der Waals surface area contributed by atoms with E-state index in [0.717, 1.165) is 37.7 Å². The maximum atomic E-state index is 5.76. The van der Waals surface area contributed by atoms with Gasteiger partial charge in [-0.25, -0.2) is 0 Å². The highest BCUT2D eigenvalue weighted by Gasteiger charge is 2.04. The first-order valence-corrected chi connectivity index (χ1v) is 7.20. The van der Waals surface area contributed by atoms with Crippen LogP contribution >= 0.6 is 0 Å². The lowest BCUT2D eigenvalue weighted by Crippen LogP contribution is -2.30. The zero-order valence-electron chi connectivity index (χ0n) is 12.6. The van der Waals surface area contributed by atoms with Crippen molar-refractivity contribution in [3.63, 3.8) is 0 Å². The van der Waals surface area contributed by atoms with Crippen molar-refractivity contribution in [2.75, 3.05) is 19.8 Å². The minimum Gasteiger partial charge on any atom is -0.494 e. The maximum absolute atomic E-state index is 5.76. The molecule has 0 spiro atoms. The van der Waals surface area contributed by atoms with E-state index in [9.17, 15) is 0 Å². The van der Waals surface area contributed by atoms with Crippen LogP contribution in [-0.4, -0.2) is 25.8 Å². The van der Waals surface area contributed by atoms with Gasteiger partial charge in [0.2, 0.25) is 0 Å². The second-order valence-electron chi connectivity index (χ2n) is 5.30. The molecule has 0 saturated heterocycles. The monoisotopic (exact) mass is 265 g/mol. The van der Waals surface area contributed by atoms with Crippen molar-refractivity contribution in [1.29, 1.82) is 0 Å². The fourth-order valence-electron chi connectivity index (χ4n) is 1.59. The largest absolute Gasteiger partial charge is 0.494 e. The van der Waals surface area contributed by atoms with E-state index in [-0.39, 0.29) is 0 Å². The summed E-state index contributed by atoms with van der Waals surface area (Å²) < 4.78 is 11.3. The lowest BCUT2D eigenvalue weighted by atomic mass is 10.2. The number of ether oxygens (including phenoxy) is 2. The molecule has 1 atom stereocenters. The molecule has 1 unspecified atom stereocenters. The minimum absolute atomic E-state index is 0.499. The second-order valence-corrected chi connectivity index (χ2v) is 5.30. The second kappa shape index (κ2) is 8.81. The number of hydrogen-bond acceptors (Lipinski definition) is 3. The summed E-state index contributed by atoms with van der Waals surface area (Å²) in [5.41, 5.74) is 0. The first-order valence-electron chi connectivity index (χ1n) is 7.20. The standard InChI is InChI=1S/C16H27NO2/c1-5-10-18-15-6-8-16(9-7-15)19-12-14(4)11-17-13(2)3/h6-9,13-14,17H,5,10-12H2,1-4H3. The summed E-state index contributed by atoms with van der Waals surface area (Å²) in [6.07, 6.45) is 1.03. The van der Waals surface area contributed by atoms with E-state index in [1.54, 1.807) is 0 Å². The molecule has 1 N–H and O–H groups in total. The molecular weight excluding hydrogens is 238 g/mol. The molecule has 0 aliphatic carbocycles. The number of benzene rings is 1. The summed E-state index contributed by atoms with van der Waals surface area (Å²) in [4.78, 5) is 0. The van der Waals surface area contributed by atoms with Gasteiger partial charge in [-0.3, -0.25) is 0 Å². The van der Waals surface area contributed by atoms with E-state index in [1.165, 1.54) is 0 Å². The van der Waals surface area contributed by atoms with Gasteiger partial charge < -0.3 is 14.8 Å². The van der Waals surface area contributed by atoms with Gasteiger partial charge in [0.05, 0.1) is 13.2 Å². The summed E-state index contributed by atoms with van der Waals surface area (Å²) >= 11 is 0. The number of hydrogen-bond donors (Lipinski definition) is 1. The van der Waals surface area contributed by atoms with Crippen molar-refractivity contribution in [3.05, 3.63) is 24.3 Å². The Morgan fingerprint density at radius 1 is 1.00 bits per heavy atom. The molecule has 1 aromatic rings. The summed E-state index contributed by atoms with van der Waals surface area (Å²) in [5, 5.41) is 3.41. The number of nitrogens with one attached hydrogen (secondary N) is 1. The van der Waals surface area contributed by atoms with Crippen molar-refractivity contribution in [1.82, 2.24) is 5.32 Å². The zero-order chi connectivity index (χ0) is 14.1. The van der Waals surface area contributed by atoms with Crippen LogP contribution in [0.25, 0.3) is 0 Å². The predicted octanol–water partition coefficient (Wildman–Crippen LogP) is 3.49. The summed E-state index contributed by atoms with van der Waals surface area (Å²) in [5.74, 6) is 2.31. The van der Waals surface area contributed by atoms with Crippen LogP contribution in [0.1, 0.15) is 34.1 Å². The molecule has 0 fully saturated rings. The Bertz CT molecular complexity index is 335. The van der Waals surface area contributed by atoms with Crippen molar-refractivity contribution in [2.24, 2.45) is 5.92 Å². The van der Waals surface area contributed by atoms with Gasteiger partial charge in [-0.2, -0.15) is 0 Å². The normalized spacial score (nSPS) is 12.5. The van der Waals surface area contributed by atoms with Gasteiger partial charge in [0, 0.05) is 18.5 Å². The minimum atomic E-state index is 0.499. The van der Waals surface area contributed by atoms with Gasteiger partial charge in [0.25, 0.3) is 0 Å². The molecule has 0 aliphatic rings. The first-order chi connectivity index (χ1) is 9.11. The molecule has 0 bridgehead atoms. The van der Waals surface area contributed by atoms with Gasteiger partial charge in [-0.15, -0.1) is 0 Å². The van der Waals surface area contributed by atoms with Crippen LogP contribution in [0.15, 0.2) is 24.3 Å². The average molecular weight is 265 g/mol. The highest BCUT2D eigenvalue weighted by atomic mass is 16.5. The molecule has 1 rings (SSSR count). The van der Waals surface area contributed by atoms with Crippen LogP contribution in [0, 0.1) is 5.92 Å². The molecule has 19 heavy (non-hydrogen) atoms. The Labute approximate surface area is 117 Å². The molecule has 108 valence electrons. The van der Waals surface area contributed by atoms with Gasteiger partial charge in [-0.1, -0.05) is 27.7 Å². The van der Waals surface area contributed by atoms with Crippen LogP contribution in [0.3, 0.4) is 0 Å². The SMILES string of the molecule is CCCOc1ccc(OCC(C)CNC(C)C)cc1. The Morgan fingerprint density at radius 3 is 2.11 bits per heavy atom. The van der Waals surface area contributed by atoms with Gasteiger partial charge >= 0.3 is 0 Å². The van der Waals surface area contributed by atoms with Crippen LogP contribution in [0.2, 0.25) is 0 Å². The van der Waals surface area contributed by atoms with Crippen molar-refractivity contribution < 1.29 is 9.47 Å². The summed E-state index contributed by atoms with van der Waals surface area (Å²) in [7, 11) is 0. The molecule has 3 nitrogen and oxygen atoms in total. The van der Waals surface area contributed by atoms with E-state index < -0.39 is 0 Å². The fourth-order valence-corrected chi connectivity index (χ4v) is 1.59. The topological polar surface area (TPSA) is 30.5 Å². The fraction of sp³-hybridized carbons (Fsp3) is 0.625. The van der Waals surface area contributed by atoms with Crippen LogP contribution in [0.4, 0.5) is 0 Å². The van der Waals surface area contributed by atoms with Gasteiger partial charge in [-0.05, 0) is 30.7 Å². The third-order valence-corrected chi connectivity index (χ3v) is 2.71. The van der Waals surface area contributed by atoms with Crippen molar-refractivity contribution >= 4 is 0 Å². The zero-order valence-corrected chi connectivity index (χ0v) is 12.6. The molecule has 0 aliphatic heterocycles. The van der Waals surface area contributed by atoms with Crippen molar-refractivity contribution in [2.45, 2.75) is 40.2 Å². The van der Waals surface area contributed by atoms with E-state index >= 15 is 0 Å². The molecular formula is C16H27NO2. The molecule has 0 aromatic heterocycles. The molecule has 0 radical (unpaired) electrons. The Morgan fingerprint density at radius 2 is 1.58 bits per heavy atom. The third-order valence-electron chi connectivity index (χ3n) is 2.71. The Balaban J connectivity index is 2.29. The van der Waals surface area contributed by atoms with Gasteiger partial charge in [0.15, 0.2) is 0 Å². The lowest BCUT2D eigenvalue weighted by molar-refractivity contribution is 0.252. The molecule has 0 saturated carbocycles. The van der Waals surface area contributed by atoms with Crippen LogP contribution in [0.5, 0.6) is 11.5 Å². The predicted molar refractivity (Wildman–Crippen MR) is 80.0 cm³/mol.